The van der Waals surface area contributed by atoms with Crippen LogP contribution in [0.5, 0.6) is 0 Å². The Bertz CT molecular complexity index is 905. The maximum atomic E-state index is 13.2. The second-order valence-electron chi connectivity index (χ2n) is 7.22. The number of aliphatic imine (C=N–C) groups is 1. The standard InChI is InChI=1S/C21H19BrN2O/c22-16-5-6-17-15(10-16)12-20-18(17)2-1-9-24(20)21(25)14-4-3-13-7-8-23-19(13)11-14/h3-6,8,10-11,18,20H,1-2,7,9,12H2/t18?,20-/m0/s1. The quantitative estimate of drug-likeness (QED) is 0.692. The topological polar surface area (TPSA) is 32.7 Å². The zero-order chi connectivity index (χ0) is 17.0. The molecule has 1 fully saturated rings. The molecule has 1 amide bonds. The monoisotopic (exact) mass is 394 g/mol. The van der Waals surface area contributed by atoms with Gasteiger partial charge in [-0.3, -0.25) is 9.79 Å². The van der Waals surface area contributed by atoms with Gasteiger partial charge in [0.15, 0.2) is 0 Å². The highest BCUT2D eigenvalue weighted by Crippen LogP contribution is 2.43. The molecule has 2 heterocycles. The van der Waals surface area contributed by atoms with E-state index in [1.807, 2.05) is 18.3 Å². The van der Waals surface area contributed by atoms with Crippen LogP contribution >= 0.6 is 15.9 Å². The van der Waals surface area contributed by atoms with Crippen molar-refractivity contribution in [3.05, 3.63) is 63.1 Å². The number of rotatable bonds is 1. The number of likely N-dealkylation sites (tertiary alicyclic amines) is 1. The van der Waals surface area contributed by atoms with Gasteiger partial charge in [-0.05, 0) is 60.2 Å². The molecule has 2 atom stereocenters. The second kappa shape index (κ2) is 5.80. The average molecular weight is 395 g/mol. The number of hydrogen-bond donors (Lipinski definition) is 0. The molecule has 0 saturated carbocycles. The lowest BCUT2D eigenvalue weighted by molar-refractivity contribution is 0.0595. The molecular formula is C21H19BrN2O. The Morgan fingerprint density at radius 3 is 3.00 bits per heavy atom. The molecule has 3 nitrogen and oxygen atoms in total. The largest absolute Gasteiger partial charge is 0.335 e. The van der Waals surface area contributed by atoms with E-state index in [-0.39, 0.29) is 5.91 Å². The SMILES string of the molecule is O=C(c1ccc2c(c1)N=CC2)N1CCCC2c3ccc(Br)cc3C[C@@H]21. The number of halogens is 1. The van der Waals surface area contributed by atoms with Crippen LogP contribution in [0.3, 0.4) is 0 Å². The van der Waals surface area contributed by atoms with Gasteiger partial charge in [0.1, 0.15) is 0 Å². The molecule has 126 valence electrons. The van der Waals surface area contributed by atoms with Crippen molar-refractivity contribution in [2.24, 2.45) is 4.99 Å². The third-order valence-electron chi connectivity index (χ3n) is 5.85. The van der Waals surface area contributed by atoms with E-state index in [0.717, 1.165) is 41.5 Å². The Labute approximate surface area is 155 Å². The summed E-state index contributed by atoms with van der Waals surface area (Å²) in [6.45, 7) is 0.857. The highest BCUT2D eigenvalue weighted by Gasteiger charge is 2.40. The molecule has 0 radical (unpaired) electrons. The predicted molar refractivity (Wildman–Crippen MR) is 103 cm³/mol. The van der Waals surface area contributed by atoms with Crippen molar-refractivity contribution in [1.29, 1.82) is 0 Å². The zero-order valence-corrected chi connectivity index (χ0v) is 15.5. The van der Waals surface area contributed by atoms with Gasteiger partial charge in [-0.1, -0.05) is 28.1 Å². The fourth-order valence-corrected chi connectivity index (χ4v) is 5.07. The first-order chi connectivity index (χ1) is 12.2. The molecule has 1 unspecified atom stereocenters. The fraction of sp³-hybridized carbons (Fsp3) is 0.333. The van der Waals surface area contributed by atoms with Crippen LogP contribution < -0.4 is 0 Å². The van der Waals surface area contributed by atoms with Gasteiger partial charge in [0.25, 0.3) is 5.91 Å². The van der Waals surface area contributed by atoms with Crippen LogP contribution in [0.25, 0.3) is 0 Å². The minimum absolute atomic E-state index is 0.159. The summed E-state index contributed by atoms with van der Waals surface area (Å²) in [6.07, 6.45) is 6.01. The molecule has 4 heteroatoms. The van der Waals surface area contributed by atoms with Gasteiger partial charge in [-0.2, -0.15) is 0 Å². The van der Waals surface area contributed by atoms with E-state index in [1.54, 1.807) is 0 Å². The van der Waals surface area contributed by atoms with E-state index in [2.05, 4.69) is 50.1 Å². The Kier molecular flexibility index (Phi) is 3.56. The lowest BCUT2D eigenvalue weighted by Crippen LogP contribution is -2.46. The summed E-state index contributed by atoms with van der Waals surface area (Å²) in [7, 11) is 0. The average Bonchev–Trinajstić information content (AvgIpc) is 3.23. The van der Waals surface area contributed by atoms with Crippen LogP contribution in [0, 0.1) is 0 Å². The minimum Gasteiger partial charge on any atom is -0.335 e. The van der Waals surface area contributed by atoms with E-state index >= 15 is 0 Å². The molecule has 1 aliphatic carbocycles. The Morgan fingerprint density at radius 2 is 2.08 bits per heavy atom. The van der Waals surface area contributed by atoms with Gasteiger partial charge in [0.2, 0.25) is 0 Å². The van der Waals surface area contributed by atoms with Crippen molar-refractivity contribution < 1.29 is 4.79 Å². The molecule has 3 aliphatic rings. The van der Waals surface area contributed by atoms with Gasteiger partial charge in [-0.15, -0.1) is 0 Å². The van der Waals surface area contributed by atoms with Crippen LogP contribution in [0.15, 0.2) is 45.9 Å². The number of carbonyl (C=O) groups excluding carboxylic acids is 1. The number of amides is 1. The Morgan fingerprint density at radius 1 is 1.16 bits per heavy atom. The summed E-state index contributed by atoms with van der Waals surface area (Å²) in [6, 6.07) is 12.9. The van der Waals surface area contributed by atoms with Crippen molar-refractivity contribution in [3.8, 4) is 0 Å². The number of nitrogens with zero attached hydrogens (tertiary/aromatic N) is 2. The van der Waals surface area contributed by atoms with E-state index in [4.69, 9.17) is 0 Å². The molecule has 25 heavy (non-hydrogen) atoms. The van der Waals surface area contributed by atoms with Crippen LogP contribution in [0.1, 0.15) is 45.8 Å². The molecule has 2 aliphatic heterocycles. The summed E-state index contributed by atoms with van der Waals surface area (Å²) < 4.78 is 1.12. The van der Waals surface area contributed by atoms with Crippen LogP contribution in [-0.2, 0) is 12.8 Å². The van der Waals surface area contributed by atoms with Crippen LogP contribution in [-0.4, -0.2) is 29.6 Å². The number of carbonyl (C=O) groups is 1. The molecular weight excluding hydrogens is 376 g/mol. The zero-order valence-electron chi connectivity index (χ0n) is 13.9. The molecule has 5 rings (SSSR count). The maximum Gasteiger partial charge on any atom is 0.254 e. The predicted octanol–water partition coefficient (Wildman–Crippen LogP) is 4.65. The third-order valence-corrected chi connectivity index (χ3v) is 6.34. The van der Waals surface area contributed by atoms with E-state index < -0.39 is 0 Å². The highest BCUT2D eigenvalue weighted by atomic mass is 79.9. The summed E-state index contributed by atoms with van der Waals surface area (Å²) in [5.74, 6) is 0.639. The van der Waals surface area contributed by atoms with Gasteiger partial charge < -0.3 is 4.90 Å². The molecule has 1 saturated heterocycles. The molecule has 0 spiro atoms. The molecule has 2 aromatic carbocycles. The van der Waals surface area contributed by atoms with Crippen LogP contribution in [0.2, 0.25) is 0 Å². The first kappa shape index (κ1) is 15.3. The number of piperidine rings is 1. The smallest absolute Gasteiger partial charge is 0.254 e. The van der Waals surface area contributed by atoms with Crippen molar-refractivity contribution in [2.75, 3.05) is 6.54 Å². The molecule has 0 bridgehead atoms. The number of fused-ring (bicyclic) bond motifs is 4. The normalized spacial score (nSPS) is 23.3. The Balaban J connectivity index is 1.46. The first-order valence-corrected chi connectivity index (χ1v) is 9.75. The minimum atomic E-state index is 0.159. The van der Waals surface area contributed by atoms with E-state index in [0.29, 0.717) is 12.0 Å². The van der Waals surface area contributed by atoms with Gasteiger partial charge in [-0.25, -0.2) is 0 Å². The number of benzene rings is 2. The van der Waals surface area contributed by atoms with Crippen molar-refractivity contribution in [3.63, 3.8) is 0 Å². The van der Waals surface area contributed by atoms with Gasteiger partial charge >= 0.3 is 0 Å². The summed E-state index contributed by atoms with van der Waals surface area (Å²) in [5.41, 5.74) is 5.77. The summed E-state index contributed by atoms with van der Waals surface area (Å²) >= 11 is 3.58. The lowest BCUT2D eigenvalue weighted by Gasteiger charge is -2.38. The summed E-state index contributed by atoms with van der Waals surface area (Å²) in [5, 5.41) is 0. The molecule has 2 aromatic rings. The van der Waals surface area contributed by atoms with Crippen LogP contribution in [0.4, 0.5) is 5.69 Å². The van der Waals surface area contributed by atoms with Crippen molar-refractivity contribution in [1.82, 2.24) is 4.90 Å². The molecule has 0 N–H and O–H groups in total. The molecule has 0 aromatic heterocycles. The number of hydrogen-bond acceptors (Lipinski definition) is 2. The van der Waals surface area contributed by atoms with Gasteiger partial charge in [0.05, 0.1) is 5.69 Å². The highest BCUT2D eigenvalue weighted by molar-refractivity contribution is 9.10. The fourth-order valence-electron chi connectivity index (χ4n) is 4.66. The second-order valence-corrected chi connectivity index (χ2v) is 8.14. The summed E-state index contributed by atoms with van der Waals surface area (Å²) in [4.78, 5) is 19.7. The maximum absolute atomic E-state index is 13.2. The third kappa shape index (κ3) is 2.46. The van der Waals surface area contributed by atoms with Crippen molar-refractivity contribution in [2.45, 2.75) is 37.6 Å². The first-order valence-electron chi connectivity index (χ1n) is 8.95. The van der Waals surface area contributed by atoms with Gasteiger partial charge in [0, 0.05) is 41.2 Å². The van der Waals surface area contributed by atoms with E-state index in [1.165, 1.54) is 23.1 Å². The lowest BCUT2D eigenvalue weighted by atomic mass is 9.88. The van der Waals surface area contributed by atoms with E-state index in [9.17, 15) is 4.79 Å². The Hall–Kier alpha value is -1.94. The van der Waals surface area contributed by atoms with Crippen molar-refractivity contribution >= 4 is 33.7 Å².